The van der Waals surface area contributed by atoms with E-state index < -0.39 is 0 Å². The number of nitrogens with one attached hydrogen (secondary N) is 1. The van der Waals surface area contributed by atoms with E-state index >= 15 is 0 Å². The third-order valence-corrected chi connectivity index (χ3v) is 3.58. The van der Waals surface area contributed by atoms with E-state index in [-0.39, 0.29) is 0 Å². The molecule has 0 saturated heterocycles. The first-order valence-electron chi connectivity index (χ1n) is 7.36. The van der Waals surface area contributed by atoms with Gasteiger partial charge in [-0.3, -0.25) is 4.68 Å². The summed E-state index contributed by atoms with van der Waals surface area (Å²) >= 11 is 0. The van der Waals surface area contributed by atoms with Crippen LogP contribution in [0.15, 0.2) is 6.07 Å². The molecule has 4 nitrogen and oxygen atoms in total. The Balaban J connectivity index is 2.66. The fraction of sp³-hybridized carbons (Fsp3) is 0.800. The average Bonchev–Trinajstić information content (AvgIpc) is 2.80. The van der Waals surface area contributed by atoms with Crippen molar-refractivity contribution in [3.05, 3.63) is 17.5 Å². The van der Waals surface area contributed by atoms with Crippen molar-refractivity contribution < 1.29 is 4.74 Å². The van der Waals surface area contributed by atoms with Gasteiger partial charge in [0.05, 0.1) is 5.69 Å². The van der Waals surface area contributed by atoms with E-state index in [2.05, 4.69) is 41.9 Å². The van der Waals surface area contributed by atoms with Gasteiger partial charge in [0.2, 0.25) is 0 Å². The van der Waals surface area contributed by atoms with E-state index in [1.165, 1.54) is 11.4 Å². The zero-order valence-corrected chi connectivity index (χ0v) is 13.1. The van der Waals surface area contributed by atoms with Gasteiger partial charge in [-0.2, -0.15) is 5.10 Å². The smallest absolute Gasteiger partial charge is 0.0624 e. The Morgan fingerprint density at radius 2 is 2.16 bits per heavy atom. The molecule has 0 aliphatic carbocycles. The highest BCUT2D eigenvalue weighted by Gasteiger charge is 2.15. The molecule has 1 N–H and O–H groups in total. The Kier molecular flexibility index (Phi) is 7.10. The standard InChI is InChI=1S/C15H29N3O/c1-6-13-9-15(18(7-2)17-13)10-14(16-4)8-12(3)11-19-5/h9,12,14,16H,6-8,10-11H2,1-5H3. The molecule has 1 aromatic rings. The zero-order valence-electron chi connectivity index (χ0n) is 13.1. The Morgan fingerprint density at radius 1 is 1.42 bits per heavy atom. The molecule has 0 aromatic carbocycles. The number of hydrogen-bond donors (Lipinski definition) is 1. The van der Waals surface area contributed by atoms with E-state index in [1.807, 2.05) is 7.05 Å². The lowest BCUT2D eigenvalue weighted by molar-refractivity contribution is 0.149. The van der Waals surface area contributed by atoms with Crippen molar-refractivity contribution in [2.24, 2.45) is 5.92 Å². The number of methoxy groups -OCH3 is 1. The maximum Gasteiger partial charge on any atom is 0.0624 e. The molecule has 0 fully saturated rings. The SMILES string of the molecule is CCc1cc(CC(CC(C)COC)NC)n(CC)n1. The van der Waals surface area contributed by atoms with E-state index in [0.29, 0.717) is 12.0 Å². The van der Waals surface area contributed by atoms with Crippen LogP contribution in [-0.2, 0) is 24.1 Å². The summed E-state index contributed by atoms with van der Waals surface area (Å²) in [6, 6.07) is 2.73. The van der Waals surface area contributed by atoms with Crippen LogP contribution in [0.1, 0.15) is 38.6 Å². The molecule has 19 heavy (non-hydrogen) atoms. The molecule has 0 radical (unpaired) electrons. The third kappa shape index (κ3) is 4.96. The van der Waals surface area contributed by atoms with Crippen LogP contribution in [-0.4, -0.2) is 36.6 Å². The fourth-order valence-electron chi connectivity index (χ4n) is 2.52. The molecule has 2 atom stereocenters. The van der Waals surface area contributed by atoms with E-state index in [1.54, 1.807) is 7.11 Å². The minimum absolute atomic E-state index is 0.483. The second kappa shape index (κ2) is 8.33. The number of hydrogen-bond acceptors (Lipinski definition) is 3. The monoisotopic (exact) mass is 267 g/mol. The van der Waals surface area contributed by atoms with E-state index in [0.717, 1.165) is 32.4 Å². The van der Waals surface area contributed by atoms with Crippen molar-refractivity contribution in [3.8, 4) is 0 Å². The topological polar surface area (TPSA) is 39.1 Å². The van der Waals surface area contributed by atoms with Crippen molar-refractivity contribution in [1.29, 1.82) is 0 Å². The Labute approximate surface area is 117 Å². The van der Waals surface area contributed by atoms with E-state index in [9.17, 15) is 0 Å². The van der Waals surface area contributed by atoms with Gasteiger partial charge in [0, 0.05) is 38.4 Å². The van der Waals surface area contributed by atoms with Crippen molar-refractivity contribution >= 4 is 0 Å². The van der Waals surface area contributed by atoms with Gasteiger partial charge < -0.3 is 10.1 Å². The van der Waals surface area contributed by atoms with Gasteiger partial charge in [-0.15, -0.1) is 0 Å². The van der Waals surface area contributed by atoms with Crippen LogP contribution in [0.3, 0.4) is 0 Å². The lowest BCUT2D eigenvalue weighted by atomic mass is 9.98. The Bertz CT molecular complexity index is 362. The Morgan fingerprint density at radius 3 is 2.68 bits per heavy atom. The molecule has 2 unspecified atom stereocenters. The van der Waals surface area contributed by atoms with Crippen molar-refractivity contribution in [2.75, 3.05) is 20.8 Å². The number of likely N-dealkylation sites (N-methyl/N-ethyl adjacent to an activating group) is 1. The summed E-state index contributed by atoms with van der Waals surface area (Å²) in [5, 5.41) is 8.04. The van der Waals surface area contributed by atoms with Crippen LogP contribution in [0.25, 0.3) is 0 Å². The molecule has 4 heteroatoms. The van der Waals surface area contributed by atoms with Crippen molar-refractivity contribution in [3.63, 3.8) is 0 Å². The van der Waals surface area contributed by atoms with Gasteiger partial charge in [-0.05, 0) is 38.8 Å². The molecule has 1 heterocycles. The number of nitrogens with zero attached hydrogens (tertiary/aromatic N) is 2. The van der Waals surface area contributed by atoms with Gasteiger partial charge in [0.15, 0.2) is 0 Å². The Hall–Kier alpha value is -0.870. The largest absolute Gasteiger partial charge is 0.384 e. The second-order valence-electron chi connectivity index (χ2n) is 5.28. The molecule has 0 spiro atoms. The van der Waals surface area contributed by atoms with Crippen LogP contribution >= 0.6 is 0 Å². The van der Waals surface area contributed by atoms with Crippen LogP contribution in [0.2, 0.25) is 0 Å². The number of aromatic nitrogens is 2. The average molecular weight is 267 g/mol. The summed E-state index contributed by atoms with van der Waals surface area (Å²) in [7, 11) is 3.81. The number of aryl methyl sites for hydroxylation is 2. The van der Waals surface area contributed by atoms with Crippen LogP contribution in [0.5, 0.6) is 0 Å². The molecule has 0 amide bonds. The van der Waals surface area contributed by atoms with Gasteiger partial charge in [-0.1, -0.05) is 13.8 Å². The maximum atomic E-state index is 5.22. The van der Waals surface area contributed by atoms with Crippen LogP contribution in [0, 0.1) is 5.92 Å². The number of rotatable bonds is 9. The zero-order chi connectivity index (χ0) is 14.3. The minimum atomic E-state index is 0.483. The summed E-state index contributed by atoms with van der Waals surface area (Å²) in [5.41, 5.74) is 2.53. The molecular weight excluding hydrogens is 238 g/mol. The molecule has 1 rings (SSSR count). The molecule has 110 valence electrons. The van der Waals surface area contributed by atoms with Crippen molar-refractivity contribution in [2.45, 2.75) is 52.6 Å². The molecule has 0 aliphatic heterocycles. The highest BCUT2D eigenvalue weighted by atomic mass is 16.5. The molecule has 0 bridgehead atoms. The highest BCUT2D eigenvalue weighted by molar-refractivity contribution is 5.12. The summed E-state index contributed by atoms with van der Waals surface area (Å²) in [4.78, 5) is 0. The lowest BCUT2D eigenvalue weighted by Crippen LogP contribution is -2.31. The maximum absolute atomic E-state index is 5.22. The first-order valence-corrected chi connectivity index (χ1v) is 7.36. The van der Waals surface area contributed by atoms with Gasteiger partial charge in [-0.25, -0.2) is 0 Å². The normalized spacial score (nSPS) is 14.6. The first-order chi connectivity index (χ1) is 9.14. The van der Waals surface area contributed by atoms with Gasteiger partial charge >= 0.3 is 0 Å². The minimum Gasteiger partial charge on any atom is -0.384 e. The van der Waals surface area contributed by atoms with Gasteiger partial charge in [0.25, 0.3) is 0 Å². The molecule has 1 aromatic heterocycles. The highest BCUT2D eigenvalue weighted by Crippen LogP contribution is 2.13. The second-order valence-corrected chi connectivity index (χ2v) is 5.28. The summed E-state index contributed by atoms with van der Waals surface area (Å²) in [6.45, 7) is 8.31. The quantitative estimate of drug-likeness (QED) is 0.746. The molecular formula is C15H29N3O. The predicted molar refractivity (Wildman–Crippen MR) is 79.5 cm³/mol. The predicted octanol–water partition coefficient (Wildman–Crippen LogP) is 2.27. The first kappa shape index (κ1) is 16.2. The molecule has 0 aliphatic rings. The lowest BCUT2D eigenvalue weighted by Gasteiger charge is -2.20. The van der Waals surface area contributed by atoms with Gasteiger partial charge in [0.1, 0.15) is 0 Å². The van der Waals surface area contributed by atoms with Crippen LogP contribution < -0.4 is 5.32 Å². The fourth-order valence-corrected chi connectivity index (χ4v) is 2.52. The summed E-state index contributed by atoms with van der Waals surface area (Å²) in [5.74, 6) is 0.575. The van der Waals surface area contributed by atoms with Crippen molar-refractivity contribution in [1.82, 2.24) is 15.1 Å². The van der Waals surface area contributed by atoms with Crippen LogP contribution in [0.4, 0.5) is 0 Å². The third-order valence-electron chi connectivity index (χ3n) is 3.58. The summed E-state index contributed by atoms with van der Waals surface area (Å²) < 4.78 is 7.35. The number of ether oxygens (including phenoxy) is 1. The summed E-state index contributed by atoms with van der Waals surface area (Å²) in [6.07, 6.45) is 3.16. The molecule has 0 saturated carbocycles. The van der Waals surface area contributed by atoms with E-state index in [4.69, 9.17) is 4.74 Å².